The first-order valence-electron chi connectivity index (χ1n) is 6.99. The fourth-order valence-corrected chi connectivity index (χ4v) is 2.07. The van der Waals surface area contributed by atoms with E-state index in [-0.39, 0.29) is 6.79 Å². The fourth-order valence-electron chi connectivity index (χ4n) is 1.84. The van der Waals surface area contributed by atoms with Gasteiger partial charge in [0.2, 0.25) is 0 Å². The van der Waals surface area contributed by atoms with Crippen molar-refractivity contribution in [3.8, 4) is 5.75 Å². The van der Waals surface area contributed by atoms with Crippen LogP contribution in [-0.2, 0) is 16.0 Å². The predicted molar refractivity (Wildman–Crippen MR) is 79.2 cm³/mol. The van der Waals surface area contributed by atoms with Gasteiger partial charge in [0.05, 0.1) is 13.2 Å². The summed E-state index contributed by atoms with van der Waals surface area (Å²) < 4.78 is 16.2. The molecule has 0 amide bonds. The standard InChI is InChI=1S/C15H22ClNO3/c1-18-8-7-17-9-13-14(16)3-2-4-15(13)20-11-19-10-12-5-6-12/h2-4,12,17H,5-11H2,1H3. The summed E-state index contributed by atoms with van der Waals surface area (Å²) >= 11 is 6.22. The highest BCUT2D eigenvalue weighted by molar-refractivity contribution is 6.31. The monoisotopic (exact) mass is 299 g/mol. The number of methoxy groups -OCH3 is 1. The molecule has 0 saturated heterocycles. The number of ether oxygens (including phenoxy) is 3. The largest absolute Gasteiger partial charge is 0.467 e. The number of benzene rings is 1. The molecular weight excluding hydrogens is 278 g/mol. The van der Waals surface area contributed by atoms with E-state index in [1.54, 1.807) is 7.11 Å². The van der Waals surface area contributed by atoms with Crippen LogP contribution < -0.4 is 10.1 Å². The minimum Gasteiger partial charge on any atom is -0.467 e. The van der Waals surface area contributed by atoms with Crippen molar-refractivity contribution in [3.63, 3.8) is 0 Å². The van der Waals surface area contributed by atoms with Crippen LogP contribution in [0.4, 0.5) is 0 Å². The summed E-state index contributed by atoms with van der Waals surface area (Å²) in [6, 6.07) is 5.67. The molecule has 1 aromatic carbocycles. The zero-order valence-electron chi connectivity index (χ0n) is 11.9. The predicted octanol–water partition coefficient (Wildman–Crippen LogP) is 2.84. The number of rotatable bonds is 10. The maximum Gasteiger partial charge on any atom is 0.189 e. The van der Waals surface area contributed by atoms with Gasteiger partial charge in [-0.3, -0.25) is 0 Å². The van der Waals surface area contributed by atoms with Gasteiger partial charge in [-0.2, -0.15) is 0 Å². The molecule has 20 heavy (non-hydrogen) atoms. The third-order valence-corrected chi connectivity index (χ3v) is 3.56. The second-order valence-corrected chi connectivity index (χ2v) is 5.37. The molecule has 0 heterocycles. The summed E-state index contributed by atoms with van der Waals surface area (Å²) in [4.78, 5) is 0. The molecule has 0 radical (unpaired) electrons. The lowest BCUT2D eigenvalue weighted by Gasteiger charge is -2.13. The number of halogens is 1. The molecule has 0 spiro atoms. The van der Waals surface area contributed by atoms with Gasteiger partial charge >= 0.3 is 0 Å². The van der Waals surface area contributed by atoms with Gasteiger partial charge in [-0.15, -0.1) is 0 Å². The molecule has 1 saturated carbocycles. The van der Waals surface area contributed by atoms with Crippen LogP contribution >= 0.6 is 11.6 Å². The topological polar surface area (TPSA) is 39.7 Å². The Morgan fingerprint density at radius 2 is 2.20 bits per heavy atom. The Morgan fingerprint density at radius 3 is 2.95 bits per heavy atom. The van der Waals surface area contributed by atoms with Gasteiger partial charge in [0.25, 0.3) is 0 Å². The summed E-state index contributed by atoms with van der Waals surface area (Å²) in [7, 11) is 1.68. The molecule has 2 rings (SSSR count). The maximum atomic E-state index is 6.22. The van der Waals surface area contributed by atoms with E-state index in [2.05, 4.69) is 5.32 Å². The van der Waals surface area contributed by atoms with Crippen LogP contribution in [0, 0.1) is 5.92 Å². The Balaban J connectivity index is 1.80. The van der Waals surface area contributed by atoms with Gasteiger partial charge in [0, 0.05) is 30.8 Å². The third-order valence-electron chi connectivity index (χ3n) is 3.21. The summed E-state index contributed by atoms with van der Waals surface area (Å²) in [6.45, 7) is 3.18. The molecule has 1 aromatic rings. The Bertz CT molecular complexity index is 410. The lowest BCUT2D eigenvalue weighted by atomic mass is 10.2. The van der Waals surface area contributed by atoms with Gasteiger partial charge in [-0.05, 0) is 30.9 Å². The van der Waals surface area contributed by atoms with Gasteiger partial charge in [-0.25, -0.2) is 0 Å². The van der Waals surface area contributed by atoms with Crippen LogP contribution in [0.1, 0.15) is 18.4 Å². The van der Waals surface area contributed by atoms with E-state index < -0.39 is 0 Å². The van der Waals surface area contributed by atoms with E-state index in [9.17, 15) is 0 Å². The zero-order chi connectivity index (χ0) is 14.2. The molecule has 0 aliphatic heterocycles. The highest BCUT2D eigenvalue weighted by Gasteiger charge is 2.21. The van der Waals surface area contributed by atoms with Crippen LogP contribution in [0.15, 0.2) is 18.2 Å². The second-order valence-electron chi connectivity index (χ2n) is 4.96. The van der Waals surface area contributed by atoms with E-state index in [4.69, 9.17) is 25.8 Å². The van der Waals surface area contributed by atoms with Gasteiger partial charge in [0.1, 0.15) is 5.75 Å². The first-order valence-corrected chi connectivity index (χ1v) is 7.36. The molecule has 4 nitrogen and oxygen atoms in total. The van der Waals surface area contributed by atoms with E-state index in [1.807, 2.05) is 18.2 Å². The van der Waals surface area contributed by atoms with Crippen molar-refractivity contribution in [1.29, 1.82) is 0 Å². The molecule has 1 fully saturated rings. The average molecular weight is 300 g/mol. The van der Waals surface area contributed by atoms with Crippen molar-refractivity contribution in [1.82, 2.24) is 5.32 Å². The summed E-state index contributed by atoms with van der Waals surface area (Å²) in [5.74, 6) is 1.52. The molecule has 112 valence electrons. The Kier molecular flexibility index (Phi) is 6.60. The van der Waals surface area contributed by atoms with Crippen molar-refractivity contribution in [3.05, 3.63) is 28.8 Å². The Labute approximate surface area is 125 Å². The fraction of sp³-hybridized carbons (Fsp3) is 0.600. The third kappa shape index (κ3) is 5.29. The van der Waals surface area contributed by atoms with Gasteiger partial charge in [-0.1, -0.05) is 17.7 Å². The quantitative estimate of drug-likeness (QED) is 0.533. The lowest BCUT2D eigenvalue weighted by molar-refractivity contribution is 0.00941. The lowest BCUT2D eigenvalue weighted by Crippen LogP contribution is -2.19. The average Bonchev–Trinajstić information content (AvgIpc) is 3.26. The van der Waals surface area contributed by atoms with Crippen LogP contribution in [0.5, 0.6) is 5.75 Å². The molecule has 0 aromatic heterocycles. The first-order chi connectivity index (χ1) is 9.81. The van der Waals surface area contributed by atoms with Crippen molar-refractivity contribution in [2.75, 3.05) is 33.7 Å². The molecule has 0 unspecified atom stereocenters. The molecule has 1 N–H and O–H groups in total. The van der Waals surface area contributed by atoms with E-state index in [0.29, 0.717) is 18.2 Å². The van der Waals surface area contributed by atoms with Crippen LogP contribution in [0.2, 0.25) is 5.02 Å². The molecular formula is C15H22ClNO3. The van der Waals surface area contributed by atoms with Crippen molar-refractivity contribution in [2.24, 2.45) is 5.92 Å². The first kappa shape index (κ1) is 15.6. The molecule has 0 atom stereocenters. The minimum atomic E-state index is 0.280. The summed E-state index contributed by atoms with van der Waals surface area (Å²) in [5.41, 5.74) is 0.959. The van der Waals surface area contributed by atoms with E-state index in [0.717, 1.165) is 30.4 Å². The Hall–Kier alpha value is -0.810. The van der Waals surface area contributed by atoms with Crippen LogP contribution in [-0.4, -0.2) is 33.7 Å². The normalized spacial score (nSPS) is 14.5. The molecule has 1 aliphatic carbocycles. The molecule has 0 bridgehead atoms. The smallest absolute Gasteiger partial charge is 0.189 e. The van der Waals surface area contributed by atoms with Gasteiger partial charge < -0.3 is 19.5 Å². The zero-order valence-corrected chi connectivity index (χ0v) is 12.6. The highest BCUT2D eigenvalue weighted by Crippen LogP contribution is 2.29. The maximum absolute atomic E-state index is 6.22. The van der Waals surface area contributed by atoms with Crippen molar-refractivity contribution < 1.29 is 14.2 Å². The summed E-state index contributed by atoms with van der Waals surface area (Å²) in [6.07, 6.45) is 2.57. The van der Waals surface area contributed by atoms with E-state index >= 15 is 0 Å². The molecule has 1 aliphatic rings. The van der Waals surface area contributed by atoms with Crippen LogP contribution in [0.3, 0.4) is 0 Å². The second kappa shape index (κ2) is 8.47. The number of nitrogens with one attached hydrogen (secondary N) is 1. The van der Waals surface area contributed by atoms with Crippen molar-refractivity contribution in [2.45, 2.75) is 19.4 Å². The van der Waals surface area contributed by atoms with Gasteiger partial charge in [0.15, 0.2) is 6.79 Å². The van der Waals surface area contributed by atoms with Crippen LogP contribution in [0.25, 0.3) is 0 Å². The summed E-state index contributed by atoms with van der Waals surface area (Å²) in [5, 5.41) is 3.98. The number of hydrogen-bond acceptors (Lipinski definition) is 4. The highest BCUT2D eigenvalue weighted by atomic mass is 35.5. The minimum absolute atomic E-state index is 0.280. The number of hydrogen-bond donors (Lipinski definition) is 1. The molecule has 5 heteroatoms. The van der Waals surface area contributed by atoms with E-state index in [1.165, 1.54) is 12.8 Å². The SMILES string of the molecule is COCCNCc1c(Cl)cccc1OCOCC1CC1. The van der Waals surface area contributed by atoms with Crippen molar-refractivity contribution >= 4 is 11.6 Å². The Morgan fingerprint density at radius 1 is 1.35 bits per heavy atom.